The minimum absolute atomic E-state index is 0.0208. The second-order valence-electron chi connectivity index (χ2n) is 1.68. The van der Waals surface area contributed by atoms with Gasteiger partial charge in [-0.05, 0) is 6.20 Å². The summed E-state index contributed by atoms with van der Waals surface area (Å²) in [6.45, 7) is 1.78. The SMILES string of the molecule is NC=CC(=O)N1CC1. The minimum atomic E-state index is 0.0208. The first kappa shape index (κ1) is 5.15. The van der Waals surface area contributed by atoms with E-state index in [1.54, 1.807) is 4.90 Å². The molecule has 1 fully saturated rings. The smallest absolute Gasteiger partial charge is 0.248 e. The molecular formula is C5H8N2O. The number of hydrogen-bond donors (Lipinski definition) is 1. The van der Waals surface area contributed by atoms with Crippen molar-refractivity contribution in [2.75, 3.05) is 13.1 Å². The van der Waals surface area contributed by atoms with Crippen LogP contribution in [0.1, 0.15) is 0 Å². The van der Waals surface area contributed by atoms with E-state index >= 15 is 0 Å². The van der Waals surface area contributed by atoms with E-state index in [1.165, 1.54) is 12.3 Å². The molecule has 0 bridgehead atoms. The summed E-state index contributed by atoms with van der Waals surface area (Å²) in [5.74, 6) is 0.0208. The lowest BCUT2D eigenvalue weighted by atomic mass is 10.6. The summed E-state index contributed by atoms with van der Waals surface area (Å²) in [4.78, 5) is 12.3. The Morgan fingerprint density at radius 2 is 2.25 bits per heavy atom. The van der Waals surface area contributed by atoms with Crippen LogP contribution in [0, 0.1) is 0 Å². The van der Waals surface area contributed by atoms with Crippen LogP contribution in [0.2, 0.25) is 0 Å². The van der Waals surface area contributed by atoms with E-state index in [2.05, 4.69) is 0 Å². The average molecular weight is 112 g/mol. The fraction of sp³-hybridized carbons (Fsp3) is 0.400. The molecule has 0 aliphatic carbocycles. The van der Waals surface area contributed by atoms with E-state index in [0.717, 1.165) is 13.1 Å². The monoisotopic (exact) mass is 112 g/mol. The van der Waals surface area contributed by atoms with Crippen molar-refractivity contribution >= 4 is 5.91 Å². The molecule has 1 heterocycles. The fourth-order valence-corrected chi connectivity index (χ4v) is 0.458. The van der Waals surface area contributed by atoms with Crippen LogP contribution in [0.4, 0.5) is 0 Å². The molecule has 0 aromatic carbocycles. The highest BCUT2D eigenvalue weighted by molar-refractivity contribution is 5.88. The van der Waals surface area contributed by atoms with Gasteiger partial charge in [0, 0.05) is 19.2 Å². The molecule has 0 aromatic heterocycles. The minimum Gasteiger partial charge on any atom is -0.404 e. The molecule has 3 nitrogen and oxygen atoms in total. The molecule has 1 amide bonds. The third kappa shape index (κ3) is 0.992. The van der Waals surface area contributed by atoms with Crippen molar-refractivity contribution in [2.45, 2.75) is 0 Å². The molecule has 0 saturated carbocycles. The van der Waals surface area contributed by atoms with Crippen molar-refractivity contribution in [1.82, 2.24) is 4.90 Å². The molecular weight excluding hydrogens is 104 g/mol. The van der Waals surface area contributed by atoms with Crippen LogP contribution >= 0.6 is 0 Å². The first-order chi connectivity index (χ1) is 3.84. The van der Waals surface area contributed by atoms with Gasteiger partial charge in [0.1, 0.15) is 0 Å². The maximum Gasteiger partial charge on any atom is 0.248 e. The van der Waals surface area contributed by atoms with Gasteiger partial charge < -0.3 is 10.6 Å². The van der Waals surface area contributed by atoms with Gasteiger partial charge in [-0.2, -0.15) is 0 Å². The number of carbonyl (C=O) groups excluding carboxylic acids is 1. The van der Waals surface area contributed by atoms with Crippen molar-refractivity contribution < 1.29 is 4.79 Å². The summed E-state index contributed by atoms with van der Waals surface area (Å²) in [5, 5.41) is 0. The van der Waals surface area contributed by atoms with Crippen LogP contribution < -0.4 is 5.73 Å². The third-order valence-electron chi connectivity index (χ3n) is 0.998. The van der Waals surface area contributed by atoms with Gasteiger partial charge in [0.2, 0.25) is 5.91 Å². The van der Waals surface area contributed by atoms with Crippen molar-refractivity contribution in [2.24, 2.45) is 5.73 Å². The fourth-order valence-electron chi connectivity index (χ4n) is 0.458. The van der Waals surface area contributed by atoms with Crippen LogP contribution in [0.15, 0.2) is 12.3 Å². The summed E-state index contributed by atoms with van der Waals surface area (Å²) in [6, 6.07) is 0. The summed E-state index contributed by atoms with van der Waals surface area (Å²) < 4.78 is 0. The lowest BCUT2D eigenvalue weighted by Crippen LogP contribution is -2.06. The van der Waals surface area contributed by atoms with Gasteiger partial charge in [0.05, 0.1) is 0 Å². The highest BCUT2D eigenvalue weighted by atomic mass is 16.2. The lowest BCUT2D eigenvalue weighted by Gasteiger charge is -1.89. The Balaban J connectivity index is 2.33. The van der Waals surface area contributed by atoms with Gasteiger partial charge >= 0.3 is 0 Å². The summed E-state index contributed by atoms with van der Waals surface area (Å²) in [6.07, 6.45) is 2.63. The Morgan fingerprint density at radius 3 is 2.62 bits per heavy atom. The average Bonchev–Trinajstić information content (AvgIpc) is 2.45. The largest absolute Gasteiger partial charge is 0.404 e. The zero-order valence-corrected chi connectivity index (χ0v) is 4.50. The zero-order chi connectivity index (χ0) is 5.98. The maximum absolute atomic E-state index is 10.6. The topological polar surface area (TPSA) is 46.1 Å². The van der Waals surface area contributed by atoms with Gasteiger partial charge in [-0.1, -0.05) is 0 Å². The van der Waals surface area contributed by atoms with E-state index < -0.39 is 0 Å². The van der Waals surface area contributed by atoms with Gasteiger partial charge in [-0.25, -0.2) is 0 Å². The maximum atomic E-state index is 10.6. The molecule has 0 radical (unpaired) electrons. The van der Waals surface area contributed by atoms with E-state index in [0.29, 0.717) is 0 Å². The molecule has 0 unspecified atom stereocenters. The second kappa shape index (κ2) is 1.86. The van der Waals surface area contributed by atoms with Crippen LogP contribution in [-0.2, 0) is 4.79 Å². The van der Waals surface area contributed by atoms with Crippen molar-refractivity contribution in [3.63, 3.8) is 0 Å². The zero-order valence-electron chi connectivity index (χ0n) is 4.50. The van der Waals surface area contributed by atoms with E-state index in [1.807, 2.05) is 0 Å². The van der Waals surface area contributed by atoms with Crippen LogP contribution in [0.5, 0.6) is 0 Å². The Kier molecular flexibility index (Phi) is 1.20. The van der Waals surface area contributed by atoms with E-state index in [4.69, 9.17) is 5.73 Å². The lowest BCUT2D eigenvalue weighted by molar-refractivity contribution is -0.120. The van der Waals surface area contributed by atoms with Crippen LogP contribution in [-0.4, -0.2) is 23.9 Å². The quantitative estimate of drug-likeness (QED) is 0.360. The first-order valence-corrected chi connectivity index (χ1v) is 2.52. The molecule has 8 heavy (non-hydrogen) atoms. The molecule has 0 aromatic rings. The van der Waals surface area contributed by atoms with Gasteiger partial charge in [0.15, 0.2) is 0 Å². The predicted octanol–water partition coefficient (Wildman–Crippen LogP) is -0.699. The number of nitrogens with zero attached hydrogens (tertiary/aromatic N) is 1. The van der Waals surface area contributed by atoms with Gasteiger partial charge in [-0.15, -0.1) is 0 Å². The normalized spacial score (nSPS) is 17.2. The molecule has 1 rings (SSSR count). The molecule has 3 heteroatoms. The second-order valence-corrected chi connectivity index (χ2v) is 1.68. The number of nitrogens with two attached hydrogens (primary N) is 1. The first-order valence-electron chi connectivity index (χ1n) is 2.52. The van der Waals surface area contributed by atoms with E-state index in [-0.39, 0.29) is 5.91 Å². The highest BCUT2D eigenvalue weighted by Gasteiger charge is 2.20. The van der Waals surface area contributed by atoms with E-state index in [9.17, 15) is 4.79 Å². The predicted molar refractivity (Wildman–Crippen MR) is 29.9 cm³/mol. The summed E-state index contributed by atoms with van der Waals surface area (Å²) in [5.41, 5.74) is 4.97. The Hall–Kier alpha value is -0.990. The molecule has 2 N–H and O–H groups in total. The van der Waals surface area contributed by atoms with Gasteiger partial charge in [0.25, 0.3) is 0 Å². The Bertz CT molecular complexity index is 126. The number of amides is 1. The summed E-state index contributed by atoms with van der Waals surface area (Å²) >= 11 is 0. The number of carbonyl (C=O) groups is 1. The van der Waals surface area contributed by atoms with Crippen LogP contribution in [0.25, 0.3) is 0 Å². The third-order valence-corrected chi connectivity index (χ3v) is 0.998. The number of rotatable bonds is 1. The molecule has 1 aliphatic heterocycles. The molecule has 1 aliphatic rings. The highest BCUT2D eigenvalue weighted by Crippen LogP contribution is 2.02. The number of hydrogen-bond acceptors (Lipinski definition) is 2. The molecule has 0 spiro atoms. The Labute approximate surface area is 47.8 Å². The van der Waals surface area contributed by atoms with Crippen LogP contribution in [0.3, 0.4) is 0 Å². The molecule has 0 atom stereocenters. The Morgan fingerprint density at radius 1 is 1.62 bits per heavy atom. The van der Waals surface area contributed by atoms with Gasteiger partial charge in [-0.3, -0.25) is 4.79 Å². The molecule has 1 saturated heterocycles. The van der Waals surface area contributed by atoms with Crippen molar-refractivity contribution in [3.8, 4) is 0 Å². The molecule has 44 valence electrons. The summed E-state index contributed by atoms with van der Waals surface area (Å²) in [7, 11) is 0. The standard InChI is InChI=1S/C5H8N2O/c6-2-1-5(8)7-3-4-7/h1-2H,3-4,6H2. The van der Waals surface area contributed by atoms with Crippen molar-refractivity contribution in [1.29, 1.82) is 0 Å². The van der Waals surface area contributed by atoms with Crippen molar-refractivity contribution in [3.05, 3.63) is 12.3 Å².